The molecule has 0 spiro atoms. The fourth-order valence-electron chi connectivity index (χ4n) is 4.43. The molecule has 2 heterocycles. The number of carbonyl (C=O) groups excluding carboxylic acids is 3. The molecule has 0 aliphatic carbocycles. The Morgan fingerprint density at radius 2 is 1.92 bits per heavy atom. The maximum Gasteiger partial charge on any atom is 0.368 e. The zero-order valence-electron chi connectivity index (χ0n) is 15.5. The van der Waals surface area contributed by atoms with Crippen molar-refractivity contribution < 1.29 is 29.2 Å². The van der Waals surface area contributed by atoms with Crippen molar-refractivity contribution in [2.24, 2.45) is 11.8 Å². The van der Waals surface area contributed by atoms with Crippen molar-refractivity contribution in [2.75, 3.05) is 20.8 Å². The van der Waals surface area contributed by atoms with E-state index in [2.05, 4.69) is 0 Å². The first-order valence-corrected chi connectivity index (χ1v) is 8.90. The van der Waals surface area contributed by atoms with Crippen molar-refractivity contribution in [1.29, 1.82) is 0 Å². The molecular formula is C19H25N2O5+. The van der Waals surface area contributed by atoms with E-state index in [1.165, 1.54) is 7.05 Å². The Hall–Kier alpha value is -2.41. The minimum absolute atomic E-state index is 0.225. The average molecular weight is 361 g/mol. The van der Waals surface area contributed by atoms with Crippen molar-refractivity contribution in [3.05, 3.63) is 29.8 Å². The number of likely N-dealkylation sites (tertiary alicyclic amines) is 1. The molecule has 0 aromatic heterocycles. The summed E-state index contributed by atoms with van der Waals surface area (Å²) in [6.07, 6.45) is 0.394. The summed E-state index contributed by atoms with van der Waals surface area (Å²) in [6.45, 7) is 3.81. The van der Waals surface area contributed by atoms with Gasteiger partial charge in [0.05, 0.1) is 19.3 Å². The third kappa shape index (κ3) is 2.41. The number of carbonyl (C=O) groups is 3. The maximum absolute atomic E-state index is 12.9. The first-order valence-electron chi connectivity index (χ1n) is 8.90. The Balaban J connectivity index is 2.15. The molecule has 2 fully saturated rings. The largest absolute Gasteiger partial charge is 0.496 e. The third-order valence-corrected chi connectivity index (χ3v) is 5.73. The lowest BCUT2D eigenvalue weighted by Crippen LogP contribution is -2.98. The maximum atomic E-state index is 12.9. The predicted octanol–water partition coefficient (Wildman–Crippen LogP) is 0.256. The summed E-state index contributed by atoms with van der Waals surface area (Å²) in [7, 11) is 3.05. The number of quaternary nitrogens is 1. The molecule has 3 rings (SSSR count). The van der Waals surface area contributed by atoms with Crippen LogP contribution in [-0.2, 0) is 19.1 Å². The number of nitrogens with two attached hydrogens (primary N) is 1. The van der Waals surface area contributed by atoms with Gasteiger partial charge in [-0.25, -0.2) is 4.79 Å². The normalized spacial score (nSPS) is 30.5. The summed E-state index contributed by atoms with van der Waals surface area (Å²) in [6, 6.07) is 7.02. The lowest BCUT2D eigenvalue weighted by molar-refractivity contribution is -0.734. The number of hydrogen-bond donors (Lipinski definition) is 1. The zero-order chi connectivity index (χ0) is 19.1. The van der Waals surface area contributed by atoms with Crippen molar-refractivity contribution in [1.82, 2.24) is 4.90 Å². The standard InChI is InChI=1S/C19H24N2O5/c1-5-19(18(24)26-6-2)14-13(16(22)21(3)17(14)23)15(20-19)11-9-7-8-10-12(11)25-4/h7-10,13-15,20H,5-6H2,1-4H3/p+1/t13-,14-,15-,19+/m0/s1. The fraction of sp³-hybridized carbons (Fsp3) is 0.526. The number of hydrogen-bond acceptors (Lipinski definition) is 5. The summed E-state index contributed by atoms with van der Waals surface area (Å²) in [5, 5.41) is 1.85. The molecule has 2 N–H and O–H groups in total. The highest BCUT2D eigenvalue weighted by molar-refractivity contribution is 6.08. The van der Waals surface area contributed by atoms with Crippen LogP contribution in [0.15, 0.2) is 24.3 Å². The second-order valence-corrected chi connectivity index (χ2v) is 6.79. The zero-order valence-corrected chi connectivity index (χ0v) is 15.5. The molecule has 1 aromatic rings. The topological polar surface area (TPSA) is 89.5 Å². The van der Waals surface area contributed by atoms with Gasteiger partial charge in [0.25, 0.3) is 0 Å². The van der Waals surface area contributed by atoms with Crippen LogP contribution in [0, 0.1) is 11.8 Å². The first kappa shape index (κ1) is 18.4. The lowest BCUT2D eigenvalue weighted by atomic mass is 9.78. The summed E-state index contributed by atoms with van der Waals surface area (Å²) in [4.78, 5) is 39.7. The van der Waals surface area contributed by atoms with Crippen LogP contribution in [-0.4, -0.2) is 49.0 Å². The molecule has 1 aromatic carbocycles. The van der Waals surface area contributed by atoms with Gasteiger partial charge in [-0.3, -0.25) is 14.5 Å². The molecule has 0 saturated carbocycles. The Morgan fingerprint density at radius 3 is 2.54 bits per heavy atom. The third-order valence-electron chi connectivity index (χ3n) is 5.73. The van der Waals surface area contributed by atoms with E-state index in [0.717, 1.165) is 10.5 Å². The molecule has 140 valence electrons. The number of ether oxygens (including phenoxy) is 2. The lowest BCUT2D eigenvalue weighted by Gasteiger charge is -2.28. The number of para-hydroxylation sites is 1. The summed E-state index contributed by atoms with van der Waals surface area (Å²) in [5.74, 6) is -1.73. The van der Waals surface area contributed by atoms with Gasteiger partial charge in [0, 0.05) is 13.5 Å². The Morgan fingerprint density at radius 1 is 1.23 bits per heavy atom. The van der Waals surface area contributed by atoms with E-state index in [0.29, 0.717) is 12.2 Å². The molecule has 2 amide bonds. The number of imide groups is 1. The molecule has 2 saturated heterocycles. The minimum atomic E-state index is -1.11. The van der Waals surface area contributed by atoms with Crippen molar-refractivity contribution in [3.8, 4) is 5.75 Å². The highest BCUT2D eigenvalue weighted by Gasteiger charge is 2.71. The monoisotopic (exact) mass is 361 g/mol. The molecule has 7 heteroatoms. The fourth-order valence-corrected chi connectivity index (χ4v) is 4.43. The van der Waals surface area contributed by atoms with Gasteiger partial charge in [0.2, 0.25) is 17.4 Å². The van der Waals surface area contributed by atoms with Crippen LogP contribution in [0.2, 0.25) is 0 Å². The van der Waals surface area contributed by atoms with Gasteiger partial charge in [-0.2, -0.15) is 0 Å². The van der Waals surface area contributed by atoms with Gasteiger partial charge >= 0.3 is 5.97 Å². The van der Waals surface area contributed by atoms with E-state index in [9.17, 15) is 14.4 Å². The molecule has 0 bridgehead atoms. The van der Waals surface area contributed by atoms with Crippen molar-refractivity contribution in [3.63, 3.8) is 0 Å². The Labute approximate surface area is 152 Å². The average Bonchev–Trinajstić information content (AvgIpc) is 3.12. The van der Waals surface area contributed by atoms with E-state index in [4.69, 9.17) is 9.47 Å². The molecule has 0 unspecified atom stereocenters. The SMILES string of the molecule is CCOC(=O)[C@]1(CC)[NH2+][C@@H](c2ccccc2OC)[C@H]2C(=O)N(C)C(=O)[C@H]21. The Kier molecular flexibility index (Phi) is 4.75. The van der Waals surface area contributed by atoms with E-state index >= 15 is 0 Å². The summed E-state index contributed by atoms with van der Waals surface area (Å²) >= 11 is 0. The van der Waals surface area contributed by atoms with Crippen molar-refractivity contribution in [2.45, 2.75) is 31.8 Å². The van der Waals surface area contributed by atoms with Crippen LogP contribution in [0.1, 0.15) is 31.9 Å². The smallest absolute Gasteiger partial charge is 0.368 e. The molecular weight excluding hydrogens is 336 g/mol. The van der Waals surface area contributed by atoms with Crippen LogP contribution in [0.3, 0.4) is 0 Å². The van der Waals surface area contributed by atoms with E-state index < -0.39 is 23.3 Å². The second kappa shape index (κ2) is 6.72. The van der Waals surface area contributed by atoms with Gasteiger partial charge in [-0.1, -0.05) is 19.1 Å². The van der Waals surface area contributed by atoms with Gasteiger partial charge < -0.3 is 14.8 Å². The van der Waals surface area contributed by atoms with E-state index in [1.54, 1.807) is 14.0 Å². The number of esters is 1. The molecule has 7 nitrogen and oxygen atoms in total. The first-order chi connectivity index (χ1) is 12.4. The van der Waals surface area contributed by atoms with Gasteiger partial charge in [0.15, 0.2) is 0 Å². The van der Waals surface area contributed by atoms with Crippen LogP contribution in [0.25, 0.3) is 0 Å². The highest BCUT2D eigenvalue weighted by atomic mass is 16.5. The number of fused-ring (bicyclic) bond motifs is 1. The van der Waals surface area contributed by atoms with Crippen LogP contribution in [0.4, 0.5) is 0 Å². The second-order valence-electron chi connectivity index (χ2n) is 6.79. The highest BCUT2D eigenvalue weighted by Crippen LogP contribution is 2.46. The molecule has 2 aliphatic rings. The summed E-state index contributed by atoms with van der Waals surface area (Å²) in [5.41, 5.74) is -0.301. The van der Waals surface area contributed by atoms with Gasteiger partial charge in [-0.15, -0.1) is 0 Å². The number of nitrogens with zero attached hydrogens (tertiary/aromatic N) is 1. The van der Waals surface area contributed by atoms with Crippen LogP contribution in [0.5, 0.6) is 5.75 Å². The van der Waals surface area contributed by atoms with Gasteiger partial charge in [0.1, 0.15) is 23.6 Å². The number of rotatable bonds is 5. The van der Waals surface area contributed by atoms with Crippen LogP contribution >= 0.6 is 0 Å². The molecule has 26 heavy (non-hydrogen) atoms. The predicted molar refractivity (Wildman–Crippen MR) is 92.1 cm³/mol. The van der Waals surface area contributed by atoms with E-state index in [1.807, 2.05) is 36.5 Å². The number of amides is 2. The van der Waals surface area contributed by atoms with Crippen molar-refractivity contribution >= 4 is 17.8 Å². The van der Waals surface area contributed by atoms with E-state index in [-0.39, 0.29) is 24.5 Å². The minimum Gasteiger partial charge on any atom is -0.496 e. The Bertz CT molecular complexity index is 749. The molecule has 2 aliphatic heterocycles. The van der Waals surface area contributed by atoms with Crippen LogP contribution < -0.4 is 10.1 Å². The van der Waals surface area contributed by atoms with Gasteiger partial charge in [-0.05, 0) is 19.1 Å². The molecule has 4 atom stereocenters. The quantitative estimate of drug-likeness (QED) is 0.600. The molecule has 0 radical (unpaired) electrons. The number of methoxy groups -OCH3 is 1. The number of benzene rings is 1. The summed E-state index contributed by atoms with van der Waals surface area (Å²) < 4.78 is 10.8.